The summed E-state index contributed by atoms with van der Waals surface area (Å²) in [5, 5.41) is 0. The highest BCUT2D eigenvalue weighted by molar-refractivity contribution is 5.67. The number of allylic oxidation sites excluding steroid dienone is 4. The Bertz CT molecular complexity index is 746. The van der Waals surface area contributed by atoms with Crippen LogP contribution >= 0.6 is 0 Å². The van der Waals surface area contributed by atoms with Crippen LogP contribution in [0.1, 0.15) is 106 Å². The maximum Gasteiger partial charge on any atom is 0.307 e. The number of fused-ring (bicyclic) bond motifs is 5. The summed E-state index contributed by atoms with van der Waals surface area (Å²) in [4.78, 5) is 11.4. The number of rotatable bonds is 6. The maximum atomic E-state index is 11.4. The first-order valence-corrected chi connectivity index (χ1v) is 13.2. The summed E-state index contributed by atoms with van der Waals surface area (Å²) in [5.74, 6) is 5.88. The first-order valence-electron chi connectivity index (χ1n) is 13.2. The van der Waals surface area contributed by atoms with E-state index in [1.807, 2.05) is 0 Å². The second-order valence-corrected chi connectivity index (χ2v) is 12.4. The van der Waals surface area contributed by atoms with Crippen molar-refractivity contribution in [3.05, 3.63) is 23.5 Å². The highest BCUT2D eigenvalue weighted by Crippen LogP contribution is 2.67. The molecule has 0 N–H and O–H groups in total. The minimum absolute atomic E-state index is 0.183. The molecule has 4 aliphatic rings. The molecule has 0 amide bonds. The van der Waals surface area contributed by atoms with E-state index in [1.165, 1.54) is 63.9 Å². The van der Waals surface area contributed by atoms with E-state index in [-0.39, 0.29) is 11.4 Å². The number of carbonyl (C=O) groups is 1. The Morgan fingerprint density at radius 3 is 2.58 bits per heavy atom. The molecule has 0 saturated heterocycles. The molecule has 0 aliphatic heterocycles. The lowest BCUT2D eigenvalue weighted by atomic mass is 9.47. The summed E-state index contributed by atoms with van der Waals surface area (Å²) in [5.41, 5.74) is 2.28. The summed E-state index contributed by atoms with van der Waals surface area (Å²) in [6.07, 6.45) is 17.9. The van der Waals surface area contributed by atoms with E-state index >= 15 is 0 Å². The smallest absolute Gasteiger partial charge is 0.307 e. The fourth-order valence-corrected chi connectivity index (χ4v) is 8.59. The molecule has 0 unspecified atom stereocenters. The Morgan fingerprint density at radius 1 is 1.10 bits per heavy atom. The highest BCUT2D eigenvalue weighted by Gasteiger charge is 2.58. The van der Waals surface area contributed by atoms with Crippen LogP contribution in [0.4, 0.5) is 0 Å². The topological polar surface area (TPSA) is 26.3 Å². The van der Waals surface area contributed by atoms with Gasteiger partial charge < -0.3 is 4.74 Å². The maximum absolute atomic E-state index is 11.4. The van der Waals surface area contributed by atoms with Gasteiger partial charge in [0.2, 0.25) is 0 Å². The Balaban J connectivity index is 1.50. The van der Waals surface area contributed by atoms with Gasteiger partial charge in [0.05, 0.1) is 0 Å². The summed E-state index contributed by atoms with van der Waals surface area (Å²) >= 11 is 0. The van der Waals surface area contributed by atoms with Crippen molar-refractivity contribution in [1.82, 2.24) is 0 Å². The van der Waals surface area contributed by atoms with Crippen LogP contribution in [-0.4, -0.2) is 5.97 Å². The average molecular weight is 427 g/mol. The first kappa shape index (κ1) is 23.1. The van der Waals surface area contributed by atoms with Gasteiger partial charge in [-0.3, -0.25) is 4.79 Å². The van der Waals surface area contributed by atoms with Crippen molar-refractivity contribution in [3.63, 3.8) is 0 Å². The first-order chi connectivity index (χ1) is 14.6. The van der Waals surface area contributed by atoms with E-state index in [0.717, 1.165) is 54.1 Å². The van der Waals surface area contributed by atoms with E-state index in [1.54, 1.807) is 0 Å². The fraction of sp³-hybridized carbons (Fsp3) is 0.828. The average Bonchev–Trinajstić information content (AvgIpc) is 3.05. The van der Waals surface area contributed by atoms with Crippen molar-refractivity contribution in [2.45, 2.75) is 106 Å². The summed E-state index contributed by atoms with van der Waals surface area (Å²) in [6.45, 7) is 14.0. The van der Waals surface area contributed by atoms with Gasteiger partial charge in [-0.2, -0.15) is 0 Å². The molecule has 0 aromatic carbocycles. The van der Waals surface area contributed by atoms with Gasteiger partial charge in [0.25, 0.3) is 0 Å². The van der Waals surface area contributed by atoms with Crippen LogP contribution < -0.4 is 0 Å². The second-order valence-electron chi connectivity index (χ2n) is 12.4. The summed E-state index contributed by atoms with van der Waals surface area (Å²) in [7, 11) is 0. The van der Waals surface area contributed by atoms with Crippen molar-refractivity contribution >= 4 is 5.97 Å². The van der Waals surface area contributed by atoms with Crippen LogP contribution in [0.3, 0.4) is 0 Å². The number of hydrogen-bond acceptors (Lipinski definition) is 2. The lowest BCUT2D eigenvalue weighted by molar-refractivity contribution is -0.137. The van der Waals surface area contributed by atoms with Crippen molar-refractivity contribution in [2.24, 2.45) is 46.3 Å². The van der Waals surface area contributed by atoms with Crippen LogP contribution in [0.25, 0.3) is 0 Å². The quantitative estimate of drug-likeness (QED) is 0.401. The standard InChI is InChI=1S/C29H46O2/c1-19(2)8-7-9-20(3)25-12-13-26-24-11-10-22-18-23(31-21(4)30)14-16-28(22,5)27(24)15-17-29(25,26)6/h10,18-20,24-27H,7-9,11-17H2,1-6H3/t20-,24-,25+,26-,27-,28-,29+/m0/s1. The Hall–Kier alpha value is -1.05. The molecule has 174 valence electrons. The van der Waals surface area contributed by atoms with Crippen LogP contribution in [-0.2, 0) is 9.53 Å². The molecule has 2 heteroatoms. The normalized spacial score (nSPS) is 40.4. The molecular formula is C29H46O2. The van der Waals surface area contributed by atoms with Gasteiger partial charge >= 0.3 is 5.97 Å². The largest absolute Gasteiger partial charge is 0.431 e. The van der Waals surface area contributed by atoms with E-state index in [0.29, 0.717) is 5.41 Å². The molecule has 4 rings (SSSR count). The SMILES string of the molecule is CC(=O)OC1=CC2=CC[C@H]3[C@@H]4CC[C@H]([C@@H](C)CCCC(C)C)[C@@]4(C)CC[C@@H]3[C@@]2(C)CC1. The fourth-order valence-electron chi connectivity index (χ4n) is 8.59. The number of esters is 1. The van der Waals surface area contributed by atoms with E-state index in [9.17, 15) is 4.79 Å². The number of carbonyl (C=O) groups excluding carboxylic acids is 1. The zero-order valence-corrected chi connectivity index (χ0v) is 21.0. The molecule has 2 saturated carbocycles. The van der Waals surface area contributed by atoms with Gasteiger partial charge in [-0.1, -0.05) is 60.0 Å². The molecule has 7 atom stereocenters. The minimum atomic E-state index is -0.183. The third-order valence-corrected chi connectivity index (χ3v) is 10.2. The van der Waals surface area contributed by atoms with Crippen molar-refractivity contribution in [3.8, 4) is 0 Å². The summed E-state index contributed by atoms with van der Waals surface area (Å²) in [6, 6.07) is 0. The van der Waals surface area contributed by atoms with Crippen LogP contribution in [0.5, 0.6) is 0 Å². The second kappa shape index (κ2) is 8.71. The van der Waals surface area contributed by atoms with Crippen LogP contribution in [0.2, 0.25) is 0 Å². The van der Waals surface area contributed by atoms with Crippen molar-refractivity contribution in [1.29, 1.82) is 0 Å². The lowest BCUT2D eigenvalue weighted by Crippen LogP contribution is -2.49. The molecule has 0 radical (unpaired) electrons. The molecule has 0 aromatic rings. The van der Waals surface area contributed by atoms with Gasteiger partial charge in [-0.25, -0.2) is 0 Å². The molecule has 31 heavy (non-hydrogen) atoms. The van der Waals surface area contributed by atoms with Crippen molar-refractivity contribution in [2.75, 3.05) is 0 Å². The van der Waals surface area contributed by atoms with Gasteiger partial charge in [-0.05, 0) is 96.5 Å². The molecule has 0 aromatic heterocycles. The minimum Gasteiger partial charge on any atom is -0.431 e. The predicted octanol–water partition coefficient (Wildman–Crippen LogP) is 8.08. The molecule has 2 nitrogen and oxygen atoms in total. The third-order valence-electron chi connectivity index (χ3n) is 10.2. The molecule has 2 fully saturated rings. The predicted molar refractivity (Wildman–Crippen MR) is 128 cm³/mol. The summed E-state index contributed by atoms with van der Waals surface area (Å²) < 4.78 is 5.48. The molecule has 4 aliphatic carbocycles. The zero-order valence-electron chi connectivity index (χ0n) is 21.0. The highest BCUT2D eigenvalue weighted by atomic mass is 16.5. The molecule has 0 spiro atoms. The van der Waals surface area contributed by atoms with Gasteiger partial charge in [0.1, 0.15) is 5.76 Å². The molecule has 0 bridgehead atoms. The van der Waals surface area contributed by atoms with Gasteiger partial charge in [0.15, 0.2) is 0 Å². The number of hydrogen-bond donors (Lipinski definition) is 0. The van der Waals surface area contributed by atoms with Gasteiger partial charge in [-0.15, -0.1) is 0 Å². The Labute approximate surface area is 191 Å². The number of ether oxygens (including phenoxy) is 1. The van der Waals surface area contributed by atoms with E-state index in [2.05, 4.69) is 46.8 Å². The third kappa shape index (κ3) is 4.18. The van der Waals surface area contributed by atoms with E-state index in [4.69, 9.17) is 4.74 Å². The van der Waals surface area contributed by atoms with Crippen LogP contribution in [0, 0.1) is 46.3 Å². The lowest BCUT2D eigenvalue weighted by Gasteiger charge is -2.57. The van der Waals surface area contributed by atoms with E-state index < -0.39 is 0 Å². The Morgan fingerprint density at radius 2 is 1.87 bits per heavy atom. The van der Waals surface area contributed by atoms with Crippen molar-refractivity contribution < 1.29 is 9.53 Å². The van der Waals surface area contributed by atoms with Gasteiger partial charge in [0, 0.05) is 13.3 Å². The zero-order chi connectivity index (χ0) is 22.4. The monoisotopic (exact) mass is 426 g/mol. The molecular weight excluding hydrogens is 380 g/mol. The van der Waals surface area contributed by atoms with Crippen LogP contribution in [0.15, 0.2) is 23.5 Å². The molecule has 0 heterocycles. The Kier molecular flexibility index (Phi) is 6.50.